The first-order chi connectivity index (χ1) is 10.3. The third-order valence-corrected chi connectivity index (χ3v) is 5.84. The summed E-state index contributed by atoms with van der Waals surface area (Å²) in [6.07, 6.45) is 4.62. The fourth-order valence-electron chi connectivity index (χ4n) is 3.32. The Morgan fingerprint density at radius 2 is 1.95 bits per heavy atom. The summed E-state index contributed by atoms with van der Waals surface area (Å²) in [5, 5.41) is 4.04. The third kappa shape index (κ3) is 3.80. The van der Waals surface area contributed by atoms with Crippen molar-refractivity contribution < 1.29 is 4.79 Å². The molecule has 0 radical (unpaired) electrons. The number of nitrogens with one attached hydrogen (secondary N) is 1. The monoisotopic (exact) mass is 304 g/mol. The number of benzene rings is 1. The highest BCUT2D eigenvalue weighted by Gasteiger charge is 2.30. The van der Waals surface area contributed by atoms with E-state index < -0.39 is 0 Å². The van der Waals surface area contributed by atoms with Crippen molar-refractivity contribution in [3.63, 3.8) is 0 Å². The van der Waals surface area contributed by atoms with Gasteiger partial charge in [0.25, 0.3) is 0 Å². The first kappa shape index (κ1) is 14.9. The summed E-state index contributed by atoms with van der Waals surface area (Å²) in [6.45, 7) is 3.12. The van der Waals surface area contributed by atoms with Gasteiger partial charge in [0.05, 0.1) is 11.8 Å². The zero-order chi connectivity index (χ0) is 14.5. The van der Waals surface area contributed by atoms with Gasteiger partial charge in [0.2, 0.25) is 5.91 Å². The summed E-state index contributed by atoms with van der Waals surface area (Å²) in [4.78, 5) is 14.7. The second-order valence-corrected chi connectivity index (χ2v) is 7.20. The summed E-state index contributed by atoms with van der Waals surface area (Å²) in [6, 6.07) is 10.8. The fraction of sp³-hybridized carbons (Fsp3) is 0.588. The van der Waals surface area contributed by atoms with E-state index in [-0.39, 0.29) is 0 Å². The quantitative estimate of drug-likeness (QED) is 0.928. The Morgan fingerprint density at radius 1 is 1.19 bits per heavy atom. The SMILES string of the molecule is O=C(CSC1CCNCC1)N1CCCC1c1ccccc1. The molecule has 0 saturated carbocycles. The number of piperidine rings is 1. The Morgan fingerprint density at radius 3 is 2.71 bits per heavy atom. The van der Waals surface area contributed by atoms with Crippen molar-refractivity contribution in [3.8, 4) is 0 Å². The molecule has 2 aliphatic heterocycles. The Labute approximate surface area is 131 Å². The lowest BCUT2D eigenvalue weighted by molar-refractivity contribution is -0.129. The van der Waals surface area contributed by atoms with Gasteiger partial charge in [-0.05, 0) is 44.3 Å². The second kappa shape index (κ2) is 7.32. The summed E-state index contributed by atoms with van der Waals surface area (Å²) in [5.41, 5.74) is 1.29. The number of thioether (sulfide) groups is 1. The van der Waals surface area contributed by atoms with Gasteiger partial charge in [0.15, 0.2) is 0 Å². The van der Waals surface area contributed by atoms with Crippen molar-refractivity contribution in [1.29, 1.82) is 0 Å². The minimum Gasteiger partial charge on any atom is -0.335 e. The summed E-state index contributed by atoms with van der Waals surface area (Å²) in [5.74, 6) is 0.971. The highest BCUT2D eigenvalue weighted by Crippen LogP contribution is 2.32. The molecule has 1 aromatic carbocycles. The van der Waals surface area contributed by atoms with Crippen LogP contribution in [-0.4, -0.2) is 41.4 Å². The number of carbonyl (C=O) groups is 1. The van der Waals surface area contributed by atoms with Gasteiger partial charge in [0, 0.05) is 11.8 Å². The molecule has 2 fully saturated rings. The Bertz CT molecular complexity index is 459. The van der Waals surface area contributed by atoms with Crippen molar-refractivity contribution in [2.45, 2.75) is 37.0 Å². The van der Waals surface area contributed by atoms with Crippen LogP contribution in [0.3, 0.4) is 0 Å². The minimum absolute atomic E-state index is 0.298. The molecule has 0 bridgehead atoms. The van der Waals surface area contributed by atoms with Gasteiger partial charge < -0.3 is 10.2 Å². The van der Waals surface area contributed by atoms with Gasteiger partial charge in [-0.1, -0.05) is 30.3 Å². The Kier molecular flexibility index (Phi) is 5.20. The molecule has 3 rings (SSSR count). The molecule has 2 heterocycles. The van der Waals surface area contributed by atoms with E-state index in [0.29, 0.717) is 23.0 Å². The molecule has 1 atom stereocenters. The van der Waals surface area contributed by atoms with Gasteiger partial charge >= 0.3 is 0 Å². The lowest BCUT2D eigenvalue weighted by Gasteiger charge is -2.27. The first-order valence-electron chi connectivity index (χ1n) is 8.01. The molecule has 1 unspecified atom stereocenters. The van der Waals surface area contributed by atoms with Crippen LogP contribution in [0.5, 0.6) is 0 Å². The van der Waals surface area contributed by atoms with E-state index in [1.807, 2.05) is 17.8 Å². The molecule has 1 amide bonds. The van der Waals surface area contributed by atoms with E-state index in [4.69, 9.17) is 0 Å². The van der Waals surface area contributed by atoms with E-state index in [0.717, 1.165) is 32.5 Å². The molecule has 3 nitrogen and oxygen atoms in total. The summed E-state index contributed by atoms with van der Waals surface area (Å²) in [7, 11) is 0. The van der Waals surface area contributed by atoms with E-state index in [1.54, 1.807) is 0 Å². The standard InChI is InChI=1S/C17H24N2OS/c20-17(13-21-15-8-10-18-11-9-15)19-12-4-7-16(19)14-5-2-1-3-6-14/h1-3,5-6,15-16,18H,4,7-13H2. The Hall–Kier alpha value is -1.00. The summed E-state index contributed by atoms with van der Waals surface area (Å²) >= 11 is 1.86. The van der Waals surface area contributed by atoms with Crippen LogP contribution < -0.4 is 5.32 Å². The maximum atomic E-state index is 12.6. The Balaban J connectivity index is 1.55. The highest BCUT2D eigenvalue weighted by atomic mass is 32.2. The molecule has 2 aliphatic rings. The van der Waals surface area contributed by atoms with Crippen LogP contribution >= 0.6 is 11.8 Å². The molecule has 0 spiro atoms. The molecular formula is C17H24N2OS. The molecule has 1 aromatic rings. The van der Waals surface area contributed by atoms with Crippen LogP contribution in [0.2, 0.25) is 0 Å². The van der Waals surface area contributed by atoms with Gasteiger partial charge in [0.1, 0.15) is 0 Å². The van der Waals surface area contributed by atoms with Crippen LogP contribution in [0.1, 0.15) is 37.3 Å². The number of hydrogen-bond acceptors (Lipinski definition) is 3. The normalized spacial score (nSPS) is 23.4. The van der Waals surface area contributed by atoms with E-state index in [9.17, 15) is 4.79 Å². The maximum absolute atomic E-state index is 12.6. The minimum atomic E-state index is 0.298. The van der Waals surface area contributed by atoms with Crippen LogP contribution in [0.15, 0.2) is 30.3 Å². The van der Waals surface area contributed by atoms with Crippen molar-refractivity contribution in [2.24, 2.45) is 0 Å². The lowest BCUT2D eigenvalue weighted by atomic mass is 10.0. The number of rotatable bonds is 4. The molecular weight excluding hydrogens is 280 g/mol. The van der Waals surface area contributed by atoms with Gasteiger partial charge in [-0.2, -0.15) is 0 Å². The predicted molar refractivity (Wildman–Crippen MR) is 88.5 cm³/mol. The number of nitrogens with zero attached hydrogens (tertiary/aromatic N) is 1. The molecule has 0 aliphatic carbocycles. The van der Waals surface area contributed by atoms with E-state index in [1.165, 1.54) is 18.4 Å². The van der Waals surface area contributed by atoms with E-state index in [2.05, 4.69) is 34.5 Å². The molecule has 1 N–H and O–H groups in total. The second-order valence-electron chi connectivity index (χ2n) is 5.92. The number of carbonyl (C=O) groups excluding carboxylic acids is 1. The maximum Gasteiger partial charge on any atom is 0.233 e. The number of hydrogen-bond donors (Lipinski definition) is 1. The third-order valence-electron chi connectivity index (χ3n) is 4.49. The van der Waals surface area contributed by atoms with Gasteiger partial charge in [-0.15, -0.1) is 11.8 Å². The predicted octanol–water partition coefficient (Wildman–Crippen LogP) is 2.84. The van der Waals surface area contributed by atoms with Crippen LogP contribution in [0.4, 0.5) is 0 Å². The fourth-order valence-corrected chi connectivity index (χ4v) is 4.43. The molecule has 2 saturated heterocycles. The number of likely N-dealkylation sites (tertiary alicyclic amines) is 1. The van der Waals surface area contributed by atoms with Gasteiger partial charge in [-0.25, -0.2) is 0 Å². The smallest absolute Gasteiger partial charge is 0.233 e. The number of amides is 1. The van der Waals surface area contributed by atoms with Crippen molar-refractivity contribution in [2.75, 3.05) is 25.4 Å². The van der Waals surface area contributed by atoms with Crippen molar-refractivity contribution in [1.82, 2.24) is 10.2 Å². The lowest BCUT2D eigenvalue weighted by Crippen LogP contribution is -2.34. The molecule has 4 heteroatoms. The van der Waals surface area contributed by atoms with Gasteiger partial charge in [-0.3, -0.25) is 4.79 Å². The molecule has 0 aromatic heterocycles. The topological polar surface area (TPSA) is 32.3 Å². The summed E-state index contributed by atoms with van der Waals surface area (Å²) < 4.78 is 0. The zero-order valence-corrected chi connectivity index (χ0v) is 13.3. The average Bonchev–Trinajstić information content (AvgIpc) is 3.04. The molecule has 114 valence electrons. The van der Waals surface area contributed by atoms with Crippen LogP contribution in [0.25, 0.3) is 0 Å². The van der Waals surface area contributed by atoms with E-state index >= 15 is 0 Å². The molecule has 21 heavy (non-hydrogen) atoms. The highest BCUT2D eigenvalue weighted by molar-refractivity contribution is 8.00. The first-order valence-corrected chi connectivity index (χ1v) is 9.06. The van der Waals surface area contributed by atoms with Crippen LogP contribution in [-0.2, 0) is 4.79 Å². The van der Waals surface area contributed by atoms with Crippen molar-refractivity contribution >= 4 is 17.7 Å². The largest absolute Gasteiger partial charge is 0.335 e. The van der Waals surface area contributed by atoms with Crippen molar-refractivity contribution in [3.05, 3.63) is 35.9 Å². The zero-order valence-electron chi connectivity index (χ0n) is 12.5. The van der Waals surface area contributed by atoms with Crippen LogP contribution in [0, 0.1) is 0 Å². The average molecular weight is 304 g/mol.